The van der Waals surface area contributed by atoms with Gasteiger partial charge >= 0.3 is 0 Å². The fourth-order valence-electron chi connectivity index (χ4n) is 3.20. The van der Waals surface area contributed by atoms with Gasteiger partial charge in [0.05, 0.1) is 26.3 Å². The molecule has 1 aromatic carbocycles. The lowest BCUT2D eigenvalue weighted by Gasteiger charge is -2.28. The Kier molecular flexibility index (Phi) is 8.55. The van der Waals surface area contributed by atoms with Gasteiger partial charge in [-0.05, 0) is 38.9 Å². The van der Waals surface area contributed by atoms with E-state index in [9.17, 15) is 0 Å². The van der Waals surface area contributed by atoms with Gasteiger partial charge in [0.25, 0.3) is 0 Å². The number of rotatable bonds is 9. The Labute approximate surface area is 151 Å². The van der Waals surface area contributed by atoms with E-state index in [2.05, 4.69) is 34.6 Å². The van der Waals surface area contributed by atoms with Crippen molar-refractivity contribution in [3.8, 4) is 5.75 Å². The molecule has 25 heavy (non-hydrogen) atoms. The fraction of sp³-hybridized carbons (Fsp3) is 0.632. The molecular formula is C19H32N4O2. The van der Waals surface area contributed by atoms with Crippen molar-refractivity contribution in [3.63, 3.8) is 0 Å². The van der Waals surface area contributed by atoms with Gasteiger partial charge in [-0.15, -0.1) is 0 Å². The van der Waals surface area contributed by atoms with E-state index in [-0.39, 0.29) is 6.04 Å². The van der Waals surface area contributed by atoms with Crippen LogP contribution in [0.25, 0.3) is 0 Å². The highest BCUT2D eigenvalue weighted by Crippen LogP contribution is 2.31. The molecule has 1 heterocycles. The third-order valence-electron chi connectivity index (χ3n) is 4.44. The zero-order chi connectivity index (χ0) is 17.9. The van der Waals surface area contributed by atoms with E-state index in [0.29, 0.717) is 13.2 Å². The summed E-state index contributed by atoms with van der Waals surface area (Å²) >= 11 is 0. The number of nitrogens with one attached hydrogen (secondary N) is 2. The first-order chi connectivity index (χ1) is 12.3. The quantitative estimate of drug-likeness (QED) is 0.406. The zero-order valence-electron chi connectivity index (χ0n) is 15.8. The number of likely N-dealkylation sites (tertiary alicyclic amines) is 1. The van der Waals surface area contributed by atoms with Crippen LogP contribution in [0.15, 0.2) is 29.3 Å². The highest BCUT2D eigenvalue weighted by atomic mass is 16.5. The van der Waals surface area contributed by atoms with Crippen LogP contribution in [-0.4, -0.2) is 64.4 Å². The van der Waals surface area contributed by atoms with E-state index < -0.39 is 0 Å². The molecule has 2 N–H and O–H groups in total. The summed E-state index contributed by atoms with van der Waals surface area (Å²) in [4.78, 5) is 7.34. The number of benzene rings is 1. The van der Waals surface area contributed by atoms with Gasteiger partial charge in [0.1, 0.15) is 5.75 Å². The lowest BCUT2D eigenvalue weighted by Crippen LogP contribution is -2.39. The van der Waals surface area contributed by atoms with E-state index in [1.54, 1.807) is 14.2 Å². The molecular weight excluding hydrogens is 316 g/mol. The largest absolute Gasteiger partial charge is 0.496 e. The number of nitrogens with zero attached hydrogens (tertiary/aromatic N) is 2. The third kappa shape index (κ3) is 5.90. The molecule has 140 valence electrons. The molecule has 0 amide bonds. The summed E-state index contributed by atoms with van der Waals surface area (Å²) in [7, 11) is 3.44. The Hall–Kier alpha value is -1.79. The summed E-state index contributed by atoms with van der Waals surface area (Å²) < 4.78 is 10.7. The van der Waals surface area contributed by atoms with Gasteiger partial charge in [0.2, 0.25) is 0 Å². The highest BCUT2D eigenvalue weighted by Gasteiger charge is 2.25. The van der Waals surface area contributed by atoms with Crippen LogP contribution in [0.5, 0.6) is 5.75 Å². The normalized spacial score (nSPS) is 16.7. The second-order valence-corrected chi connectivity index (χ2v) is 6.14. The first-order valence-corrected chi connectivity index (χ1v) is 9.18. The number of hydrogen-bond donors (Lipinski definition) is 2. The summed E-state index contributed by atoms with van der Waals surface area (Å²) in [5.74, 6) is 1.77. The van der Waals surface area contributed by atoms with Crippen molar-refractivity contribution in [2.75, 3.05) is 53.6 Å². The second-order valence-electron chi connectivity index (χ2n) is 6.14. The summed E-state index contributed by atoms with van der Waals surface area (Å²) in [6.07, 6.45) is 2.50. The van der Waals surface area contributed by atoms with Gasteiger partial charge in [-0.3, -0.25) is 9.89 Å². The van der Waals surface area contributed by atoms with E-state index in [1.165, 1.54) is 18.4 Å². The zero-order valence-corrected chi connectivity index (χ0v) is 15.8. The molecule has 6 nitrogen and oxygen atoms in total. The Bertz CT molecular complexity index is 530. The summed E-state index contributed by atoms with van der Waals surface area (Å²) in [6.45, 7) is 7.24. The van der Waals surface area contributed by atoms with E-state index in [1.807, 2.05) is 12.1 Å². The van der Waals surface area contributed by atoms with Crippen molar-refractivity contribution in [1.29, 1.82) is 0 Å². The van der Waals surface area contributed by atoms with Crippen molar-refractivity contribution < 1.29 is 9.47 Å². The van der Waals surface area contributed by atoms with Gasteiger partial charge in [-0.2, -0.15) is 0 Å². The second kappa shape index (κ2) is 10.9. The molecule has 0 aromatic heterocycles. The minimum absolute atomic E-state index is 0.233. The standard InChI is InChI=1S/C19H32N4O2/c1-4-20-19(21-11-14-24-2)22-15-17(23-12-7-8-13-23)16-9-5-6-10-18(16)25-3/h5-6,9-10,17H,4,7-8,11-15H2,1-3H3,(H2,20,21,22). The average Bonchev–Trinajstić information content (AvgIpc) is 3.17. The van der Waals surface area contributed by atoms with Crippen LogP contribution < -0.4 is 15.4 Å². The predicted molar refractivity (Wildman–Crippen MR) is 102 cm³/mol. The van der Waals surface area contributed by atoms with E-state index in [4.69, 9.17) is 14.5 Å². The maximum atomic E-state index is 5.60. The van der Waals surface area contributed by atoms with E-state index >= 15 is 0 Å². The van der Waals surface area contributed by atoms with Gasteiger partial charge in [-0.25, -0.2) is 0 Å². The topological polar surface area (TPSA) is 58.1 Å². The molecule has 0 radical (unpaired) electrons. The summed E-state index contributed by atoms with van der Waals surface area (Å²) in [5.41, 5.74) is 1.21. The van der Waals surface area contributed by atoms with Crippen LogP contribution >= 0.6 is 0 Å². The van der Waals surface area contributed by atoms with Crippen LogP contribution in [-0.2, 0) is 4.74 Å². The van der Waals surface area contributed by atoms with Crippen molar-refractivity contribution >= 4 is 5.96 Å². The SMILES string of the molecule is CCNC(=NCC(c1ccccc1OC)N1CCCC1)NCCOC. The molecule has 1 aliphatic heterocycles. The molecule has 0 aliphatic carbocycles. The molecule has 1 atom stereocenters. The average molecular weight is 348 g/mol. The molecule has 0 spiro atoms. The van der Waals surface area contributed by atoms with Crippen LogP contribution in [0.1, 0.15) is 31.4 Å². The van der Waals surface area contributed by atoms with Crippen molar-refractivity contribution in [2.45, 2.75) is 25.8 Å². The third-order valence-corrected chi connectivity index (χ3v) is 4.44. The maximum absolute atomic E-state index is 5.60. The van der Waals surface area contributed by atoms with Gasteiger partial charge in [0.15, 0.2) is 5.96 Å². The fourth-order valence-corrected chi connectivity index (χ4v) is 3.20. The number of aliphatic imine (C=N–C) groups is 1. The van der Waals surface area contributed by atoms with Crippen LogP contribution in [0.3, 0.4) is 0 Å². The minimum Gasteiger partial charge on any atom is -0.496 e. The van der Waals surface area contributed by atoms with Crippen molar-refractivity contribution in [3.05, 3.63) is 29.8 Å². The van der Waals surface area contributed by atoms with Crippen LogP contribution in [0, 0.1) is 0 Å². The van der Waals surface area contributed by atoms with Crippen molar-refractivity contribution in [1.82, 2.24) is 15.5 Å². The number of ether oxygens (including phenoxy) is 2. The van der Waals surface area contributed by atoms with E-state index in [0.717, 1.165) is 37.9 Å². The van der Waals surface area contributed by atoms with Gasteiger partial charge < -0.3 is 20.1 Å². The predicted octanol–water partition coefficient (Wildman–Crippen LogP) is 2.03. The molecule has 1 unspecified atom stereocenters. The first kappa shape index (κ1) is 19.5. The molecule has 1 fully saturated rings. The molecule has 0 bridgehead atoms. The number of guanidine groups is 1. The van der Waals surface area contributed by atoms with Crippen LogP contribution in [0.2, 0.25) is 0 Å². The molecule has 1 aliphatic rings. The lowest BCUT2D eigenvalue weighted by atomic mass is 10.0. The Morgan fingerprint density at radius 1 is 1.20 bits per heavy atom. The Balaban J connectivity index is 2.15. The highest BCUT2D eigenvalue weighted by molar-refractivity contribution is 5.79. The summed E-state index contributed by atoms with van der Waals surface area (Å²) in [5, 5.41) is 6.61. The van der Waals surface area contributed by atoms with Crippen molar-refractivity contribution in [2.24, 2.45) is 4.99 Å². The molecule has 2 rings (SSSR count). The smallest absolute Gasteiger partial charge is 0.191 e. The Morgan fingerprint density at radius 2 is 1.96 bits per heavy atom. The first-order valence-electron chi connectivity index (χ1n) is 9.18. The Morgan fingerprint density at radius 3 is 2.64 bits per heavy atom. The molecule has 0 saturated carbocycles. The monoisotopic (exact) mass is 348 g/mol. The number of para-hydroxylation sites is 1. The summed E-state index contributed by atoms with van der Waals surface area (Å²) in [6, 6.07) is 8.51. The lowest BCUT2D eigenvalue weighted by molar-refractivity contribution is 0.203. The number of hydrogen-bond acceptors (Lipinski definition) is 4. The minimum atomic E-state index is 0.233. The van der Waals surface area contributed by atoms with Gasteiger partial charge in [-0.1, -0.05) is 18.2 Å². The maximum Gasteiger partial charge on any atom is 0.191 e. The number of methoxy groups -OCH3 is 2. The molecule has 1 saturated heterocycles. The molecule has 6 heteroatoms. The molecule has 1 aromatic rings. The van der Waals surface area contributed by atoms with Crippen LogP contribution in [0.4, 0.5) is 0 Å². The van der Waals surface area contributed by atoms with Gasteiger partial charge in [0, 0.05) is 25.8 Å².